The highest BCUT2D eigenvalue weighted by Gasteiger charge is 2.32. The Hall–Kier alpha value is -1.50. The van der Waals surface area contributed by atoms with Crippen molar-refractivity contribution < 1.29 is 19.4 Å². The lowest BCUT2D eigenvalue weighted by atomic mass is 9.93. The summed E-state index contributed by atoms with van der Waals surface area (Å²) in [5.74, 6) is -0.877. The highest BCUT2D eigenvalue weighted by Crippen LogP contribution is 2.18. The van der Waals surface area contributed by atoms with Gasteiger partial charge in [0.1, 0.15) is 5.76 Å². The van der Waals surface area contributed by atoms with Gasteiger partial charge in [-0.25, -0.2) is 0 Å². The molecule has 7 heteroatoms. The molecule has 0 aromatic heterocycles. The first-order chi connectivity index (χ1) is 9.27. The van der Waals surface area contributed by atoms with Crippen LogP contribution in [-0.2, 0) is 14.3 Å². The van der Waals surface area contributed by atoms with Gasteiger partial charge in [-0.15, -0.1) is 0 Å². The van der Waals surface area contributed by atoms with Gasteiger partial charge in [0.2, 0.25) is 5.91 Å². The molecule has 1 aliphatic heterocycles. The summed E-state index contributed by atoms with van der Waals surface area (Å²) in [7, 11) is 0. The van der Waals surface area contributed by atoms with Gasteiger partial charge in [0.15, 0.2) is 6.04 Å². The van der Waals surface area contributed by atoms with Gasteiger partial charge in [-0.05, 0) is 42.8 Å². The van der Waals surface area contributed by atoms with E-state index in [0.717, 1.165) is 0 Å². The van der Waals surface area contributed by atoms with E-state index < -0.39 is 17.4 Å². The molecule has 1 unspecified atom stereocenters. The van der Waals surface area contributed by atoms with Crippen molar-refractivity contribution >= 4 is 27.8 Å². The maximum absolute atomic E-state index is 12.0. The lowest BCUT2D eigenvalue weighted by molar-refractivity contribution is -0.153. The van der Waals surface area contributed by atoms with Crippen molar-refractivity contribution in [3.8, 4) is 0 Å². The maximum Gasteiger partial charge on any atom is 0.313 e. The van der Waals surface area contributed by atoms with Gasteiger partial charge in [0.25, 0.3) is 0 Å². The number of hydrogen-bond acceptors (Lipinski definition) is 5. The monoisotopic (exact) mass is 346 g/mol. The highest BCUT2D eigenvalue weighted by atomic mass is 79.9. The van der Waals surface area contributed by atoms with Gasteiger partial charge in [-0.1, -0.05) is 0 Å². The van der Waals surface area contributed by atoms with Crippen LogP contribution < -0.4 is 10.6 Å². The van der Waals surface area contributed by atoms with Crippen molar-refractivity contribution in [2.75, 3.05) is 13.2 Å². The van der Waals surface area contributed by atoms with Crippen molar-refractivity contribution in [3.05, 3.63) is 22.5 Å². The van der Waals surface area contributed by atoms with Crippen LogP contribution in [0.15, 0.2) is 22.5 Å². The van der Waals surface area contributed by atoms with E-state index in [1.807, 2.05) is 0 Å². The molecule has 1 amide bonds. The number of allylic oxidation sites excluding steroid dienone is 2. The van der Waals surface area contributed by atoms with Gasteiger partial charge in [0, 0.05) is 17.2 Å². The highest BCUT2D eigenvalue weighted by molar-refractivity contribution is 9.11. The topological polar surface area (TPSA) is 87.7 Å². The number of ether oxygens (including phenoxy) is 1. The normalized spacial score (nSPS) is 18.5. The van der Waals surface area contributed by atoms with Crippen molar-refractivity contribution in [3.63, 3.8) is 0 Å². The Balaban J connectivity index is 2.56. The maximum atomic E-state index is 12.0. The molecule has 0 saturated carbocycles. The molecule has 20 heavy (non-hydrogen) atoms. The number of halogens is 1. The minimum absolute atomic E-state index is 0.0918. The standard InChI is InChI=1S/C13H19BrN2O4/c1-4-20-12(19)13(2,3)7-16-11(18)10-9(17)5-8(14)6-15-10/h5-6,10,15,17H,4,7H2,1-3H3,(H,16,18). The van der Waals surface area contributed by atoms with E-state index in [0.29, 0.717) is 11.1 Å². The van der Waals surface area contributed by atoms with E-state index in [4.69, 9.17) is 4.74 Å². The van der Waals surface area contributed by atoms with Gasteiger partial charge in [-0.3, -0.25) is 9.59 Å². The third-order valence-electron chi connectivity index (χ3n) is 2.76. The third-order valence-corrected chi connectivity index (χ3v) is 3.22. The smallest absolute Gasteiger partial charge is 0.313 e. The van der Waals surface area contributed by atoms with Crippen LogP contribution in [0.1, 0.15) is 20.8 Å². The molecule has 0 bridgehead atoms. The minimum Gasteiger partial charge on any atom is -0.510 e. The average molecular weight is 347 g/mol. The van der Waals surface area contributed by atoms with Crippen molar-refractivity contribution in [2.24, 2.45) is 5.41 Å². The fourth-order valence-electron chi connectivity index (χ4n) is 1.53. The zero-order valence-corrected chi connectivity index (χ0v) is 13.3. The zero-order valence-electron chi connectivity index (χ0n) is 11.7. The summed E-state index contributed by atoms with van der Waals surface area (Å²) < 4.78 is 5.58. The molecule has 0 fully saturated rings. The van der Waals surface area contributed by atoms with Crippen LogP contribution in [0.3, 0.4) is 0 Å². The SMILES string of the molecule is CCOC(=O)C(C)(C)CNC(=O)C1NC=C(Br)C=C1O. The number of aliphatic hydroxyl groups is 1. The number of dihydropyridines is 1. The van der Waals surface area contributed by atoms with Gasteiger partial charge in [-0.2, -0.15) is 0 Å². The molecule has 0 radical (unpaired) electrons. The number of aliphatic hydroxyl groups excluding tert-OH is 1. The Morgan fingerprint density at radius 1 is 1.55 bits per heavy atom. The summed E-state index contributed by atoms with van der Waals surface area (Å²) in [6.07, 6.45) is 3.01. The van der Waals surface area contributed by atoms with E-state index in [1.165, 1.54) is 6.08 Å². The number of carbonyl (C=O) groups is 2. The molecule has 112 valence electrons. The quantitative estimate of drug-likeness (QED) is 0.654. The van der Waals surface area contributed by atoms with E-state index in [1.54, 1.807) is 27.0 Å². The molecule has 6 nitrogen and oxygen atoms in total. The molecule has 0 saturated heterocycles. The van der Waals surface area contributed by atoms with Crippen LogP contribution in [-0.4, -0.2) is 36.2 Å². The lowest BCUT2D eigenvalue weighted by Crippen LogP contribution is -2.48. The summed E-state index contributed by atoms with van der Waals surface area (Å²) in [6, 6.07) is -0.853. The summed E-state index contributed by atoms with van der Waals surface area (Å²) in [5.41, 5.74) is -0.823. The van der Waals surface area contributed by atoms with Crippen LogP contribution in [0.2, 0.25) is 0 Å². The van der Waals surface area contributed by atoms with Crippen LogP contribution in [0, 0.1) is 5.41 Å². The van der Waals surface area contributed by atoms with Crippen molar-refractivity contribution in [2.45, 2.75) is 26.8 Å². The Bertz CT molecular complexity index is 457. The number of amides is 1. The fourth-order valence-corrected chi connectivity index (χ4v) is 1.90. The van der Waals surface area contributed by atoms with Crippen LogP contribution in [0.4, 0.5) is 0 Å². The summed E-state index contributed by atoms with van der Waals surface area (Å²) in [4.78, 5) is 23.7. The lowest BCUT2D eigenvalue weighted by Gasteiger charge is -2.25. The van der Waals surface area contributed by atoms with E-state index in [9.17, 15) is 14.7 Å². The molecule has 0 spiro atoms. The second-order valence-corrected chi connectivity index (χ2v) is 5.94. The second-order valence-electron chi connectivity index (χ2n) is 5.02. The summed E-state index contributed by atoms with van der Waals surface area (Å²) >= 11 is 3.18. The largest absolute Gasteiger partial charge is 0.510 e. The summed E-state index contributed by atoms with van der Waals surface area (Å²) in [5, 5.41) is 15.1. The van der Waals surface area contributed by atoms with Gasteiger partial charge < -0.3 is 20.5 Å². The third kappa shape index (κ3) is 4.26. The molecule has 0 aromatic rings. The number of hydrogen-bond donors (Lipinski definition) is 3. The first-order valence-corrected chi connectivity index (χ1v) is 7.04. The first-order valence-electron chi connectivity index (χ1n) is 6.25. The van der Waals surface area contributed by atoms with Crippen LogP contribution in [0.25, 0.3) is 0 Å². The Kier molecular flexibility index (Phi) is 5.62. The zero-order chi connectivity index (χ0) is 15.3. The van der Waals surface area contributed by atoms with Gasteiger partial charge in [0.05, 0.1) is 12.0 Å². The average Bonchev–Trinajstić information content (AvgIpc) is 2.36. The predicted molar refractivity (Wildman–Crippen MR) is 78.1 cm³/mol. The molecule has 1 aliphatic rings. The van der Waals surface area contributed by atoms with E-state index in [-0.39, 0.29) is 18.3 Å². The fraction of sp³-hybridized carbons (Fsp3) is 0.538. The van der Waals surface area contributed by atoms with Crippen LogP contribution in [0.5, 0.6) is 0 Å². The molecule has 1 rings (SSSR count). The predicted octanol–water partition coefficient (Wildman–Crippen LogP) is 1.34. The number of carbonyl (C=O) groups excluding carboxylic acids is 2. The summed E-state index contributed by atoms with van der Waals surface area (Å²) in [6.45, 7) is 5.52. The molecule has 3 N–H and O–H groups in total. The first kappa shape index (κ1) is 16.6. The van der Waals surface area contributed by atoms with Crippen LogP contribution >= 0.6 is 15.9 Å². The Labute approximate surface area is 126 Å². The number of rotatable bonds is 5. The molecule has 1 heterocycles. The molecule has 0 aliphatic carbocycles. The van der Waals surface area contributed by atoms with E-state index >= 15 is 0 Å². The molecule has 0 aromatic carbocycles. The molecular formula is C13H19BrN2O4. The number of esters is 1. The Morgan fingerprint density at radius 2 is 2.20 bits per heavy atom. The molecule has 1 atom stereocenters. The second kappa shape index (κ2) is 6.78. The Morgan fingerprint density at radius 3 is 2.75 bits per heavy atom. The molecular weight excluding hydrogens is 328 g/mol. The van der Waals surface area contributed by atoms with E-state index in [2.05, 4.69) is 26.6 Å². The van der Waals surface area contributed by atoms with Crippen molar-refractivity contribution in [1.82, 2.24) is 10.6 Å². The number of nitrogens with one attached hydrogen (secondary N) is 2. The van der Waals surface area contributed by atoms with Gasteiger partial charge >= 0.3 is 5.97 Å². The minimum atomic E-state index is -0.853. The van der Waals surface area contributed by atoms with Crippen molar-refractivity contribution in [1.29, 1.82) is 0 Å².